The van der Waals surface area contributed by atoms with Crippen molar-refractivity contribution in [2.24, 2.45) is 11.3 Å². The first-order valence-corrected chi connectivity index (χ1v) is 8.98. The molecule has 0 aromatic carbocycles. The molecule has 0 saturated carbocycles. The van der Waals surface area contributed by atoms with Crippen LogP contribution in [0.1, 0.15) is 112 Å². The summed E-state index contributed by atoms with van der Waals surface area (Å²) in [6.07, 6.45) is 17.4. The van der Waals surface area contributed by atoms with E-state index in [1.165, 1.54) is 77.0 Å². The second kappa shape index (κ2) is 11.8. The molecule has 0 nitrogen and oxygen atoms in total. The van der Waals surface area contributed by atoms with E-state index in [0.717, 1.165) is 5.92 Å². The first kappa shape index (κ1) is 19.0. The molecule has 0 saturated heterocycles. The van der Waals surface area contributed by atoms with Crippen molar-refractivity contribution in [3.05, 3.63) is 0 Å². The second-order valence-electron chi connectivity index (χ2n) is 7.59. The maximum atomic E-state index is 2.41. The highest BCUT2D eigenvalue weighted by Gasteiger charge is 2.18. The van der Waals surface area contributed by atoms with Crippen molar-refractivity contribution in [2.75, 3.05) is 0 Å². The summed E-state index contributed by atoms with van der Waals surface area (Å²) in [4.78, 5) is 0. The van der Waals surface area contributed by atoms with Crippen LogP contribution in [0.5, 0.6) is 0 Å². The van der Waals surface area contributed by atoms with Crippen molar-refractivity contribution < 1.29 is 0 Å². The van der Waals surface area contributed by atoms with Crippen molar-refractivity contribution in [1.29, 1.82) is 0 Å². The van der Waals surface area contributed by atoms with E-state index in [-0.39, 0.29) is 0 Å². The molecule has 0 bridgehead atoms. The molecular weight excluding hydrogens is 228 g/mol. The Hall–Kier alpha value is 0. The van der Waals surface area contributed by atoms with Gasteiger partial charge in [-0.2, -0.15) is 0 Å². The molecule has 116 valence electrons. The quantitative estimate of drug-likeness (QED) is 0.324. The average molecular weight is 269 g/mol. The molecule has 0 fully saturated rings. The van der Waals surface area contributed by atoms with Gasteiger partial charge in [0.05, 0.1) is 0 Å². The number of hydrogen-bond acceptors (Lipinski definition) is 0. The molecular formula is C19H40. The highest BCUT2D eigenvalue weighted by molar-refractivity contribution is 4.69. The van der Waals surface area contributed by atoms with E-state index >= 15 is 0 Å². The van der Waals surface area contributed by atoms with Crippen molar-refractivity contribution in [2.45, 2.75) is 112 Å². The molecule has 0 heteroatoms. The van der Waals surface area contributed by atoms with Gasteiger partial charge in [-0.25, -0.2) is 0 Å². The summed E-state index contributed by atoms with van der Waals surface area (Å²) in [5.41, 5.74) is 0.499. The molecule has 0 aliphatic heterocycles. The van der Waals surface area contributed by atoms with Gasteiger partial charge in [-0.05, 0) is 11.3 Å². The van der Waals surface area contributed by atoms with Crippen LogP contribution in [-0.2, 0) is 0 Å². The van der Waals surface area contributed by atoms with Crippen molar-refractivity contribution in [1.82, 2.24) is 0 Å². The molecule has 0 amide bonds. The molecule has 0 aliphatic carbocycles. The Labute approximate surface area is 123 Å². The van der Waals surface area contributed by atoms with Gasteiger partial charge in [-0.15, -0.1) is 0 Å². The minimum atomic E-state index is 0.499. The van der Waals surface area contributed by atoms with Crippen molar-refractivity contribution in [3.8, 4) is 0 Å². The summed E-state index contributed by atoms with van der Waals surface area (Å²) >= 11 is 0. The number of rotatable bonds is 12. The molecule has 19 heavy (non-hydrogen) atoms. The monoisotopic (exact) mass is 268 g/mol. The third-order valence-corrected chi connectivity index (χ3v) is 4.72. The van der Waals surface area contributed by atoms with Crippen LogP contribution in [0.15, 0.2) is 0 Å². The lowest BCUT2D eigenvalue weighted by Crippen LogP contribution is -2.16. The van der Waals surface area contributed by atoms with E-state index in [9.17, 15) is 0 Å². The normalized spacial score (nSPS) is 13.7. The Morgan fingerprint density at radius 3 is 1.37 bits per heavy atom. The van der Waals surface area contributed by atoms with Crippen molar-refractivity contribution in [3.63, 3.8) is 0 Å². The minimum Gasteiger partial charge on any atom is -0.0654 e. The van der Waals surface area contributed by atoms with E-state index in [4.69, 9.17) is 0 Å². The predicted molar refractivity (Wildman–Crippen MR) is 89.7 cm³/mol. The van der Waals surface area contributed by atoms with Crippen LogP contribution < -0.4 is 0 Å². The van der Waals surface area contributed by atoms with Crippen LogP contribution in [0.25, 0.3) is 0 Å². The van der Waals surface area contributed by atoms with E-state index in [1.54, 1.807) is 0 Å². The zero-order valence-electron chi connectivity index (χ0n) is 14.6. The summed E-state index contributed by atoms with van der Waals surface area (Å²) < 4.78 is 0. The van der Waals surface area contributed by atoms with Crippen LogP contribution >= 0.6 is 0 Å². The lowest BCUT2D eigenvalue weighted by atomic mass is 9.79. The molecule has 0 heterocycles. The molecule has 0 aromatic heterocycles. The largest absolute Gasteiger partial charge is 0.0654 e. The molecule has 0 radical (unpaired) electrons. The van der Waals surface area contributed by atoms with E-state index in [1.807, 2.05) is 0 Å². The third kappa shape index (κ3) is 12.8. The third-order valence-electron chi connectivity index (χ3n) is 4.72. The first-order chi connectivity index (χ1) is 8.98. The van der Waals surface area contributed by atoms with Gasteiger partial charge in [-0.1, -0.05) is 112 Å². The fourth-order valence-corrected chi connectivity index (χ4v) is 2.55. The van der Waals surface area contributed by atoms with Gasteiger partial charge in [0.2, 0.25) is 0 Å². The zero-order valence-corrected chi connectivity index (χ0v) is 14.6. The standard InChI is InChI=1S/C19H40/c1-6-7-8-9-10-11-12-13-14-15-16-17-18(2)19(3,4)5/h18H,6-17H2,1-5H3. The lowest BCUT2D eigenvalue weighted by molar-refractivity contribution is 0.240. The SMILES string of the molecule is CCCCCCCCCCCCCC(C)C(C)(C)C. The van der Waals surface area contributed by atoms with Crippen LogP contribution in [0, 0.1) is 11.3 Å². The van der Waals surface area contributed by atoms with Crippen LogP contribution in [0.2, 0.25) is 0 Å². The molecule has 0 aromatic rings. The zero-order chi connectivity index (χ0) is 14.6. The lowest BCUT2D eigenvalue weighted by Gasteiger charge is -2.27. The Morgan fingerprint density at radius 2 is 1.00 bits per heavy atom. The summed E-state index contributed by atoms with van der Waals surface area (Å²) in [6.45, 7) is 11.8. The Balaban J connectivity index is 3.15. The summed E-state index contributed by atoms with van der Waals surface area (Å²) in [5.74, 6) is 0.867. The fraction of sp³-hybridized carbons (Fsp3) is 1.00. The van der Waals surface area contributed by atoms with Gasteiger partial charge in [0.15, 0.2) is 0 Å². The molecule has 1 atom stereocenters. The average Bonchev–Trinajstić information content (AvgIpc) is 2.34. The molecule has 0 rings (SSSR count). The predicted octanol–water partition coefficient (Wildman–Crippen LogP) is 7.37. The first-order valence-electron chi connectivity index (χ1n) is 8.98. The second-order valence-corrected chi connectivity index (χ2v) is 7.59. The molecule has 1 unspecified atom stereocenters. The highest BCUT2D eigenvalue weighted by Crippen LogP contribution is 2.29. The molecule has 0 spiro atoms. The maximum Gasteiger partial charge on any atom is -0.0357 e. The molecule has 0 aliphatic rings. The van der Waals surface area contributed by atoms with Crippen molar-refractivity contribution >= 4 is 0 Å². The number of hydrogen-bond donors (Lipinski definition) is 0. The van der Waals surface area contributed by atoms with E-state index < -0.39 is 0 Å². The highest BCUT2D eigenvalue weighted by atomic mass is 14.2. The Kier molecular flexibility index (Phi) is 11.8. The Morgan fingerprint density at radius 1 is 0.632 bits per heavy atom. The fourth-order valence-electron chi connectivity index (χ4n) is 2.55. The van der Waals surface area contributed by atoms with Gasteiger partial charge in [0.1, 0.15) is 0 Å². The van der Waals surface area contributed by atoms with Gasteiger partial charge in [0, 0.05) is 0 Å². The summed E-state index contributed by atoms with van der Waals surface area (Å²) in [5, 5.41) is 0. The smallest absolute Gasteiger partial charge is 0.0357 e. The number of unbranched alkanes of at least 4 members (excludes halogenated alkanes) is 10. The van der Waals surface area contributed by atoms with Crippen LogP contribution in [-0.4, -0.2) is 0 Å². The van der Waals surface area contributed by atoms with Gasteiger partial charge < -0.3 is 0 Å². The van der Waals surface area contributed by atoms with E-state index in [2.05, 4.69) is 34.6 Å². The molecule has 0 N–H and O–H groups in total. The van der Waals surface area contributed by atoms with Crippen LogP contribution in [0.4, 0.5) is 0 Å². The van der Waals surface area contributed by atoms with Crippen LogP contribution in [0.3, 0.4) is 0 Å². The topological polar surface area (TPSA) is 0 Å². The van der Waals surface area contributed by atoms with Gasteiger partial charge >= 0.3 is 0 Å². The van der Waals surface area contributed by atoms with Gasteiger partial charge in [-0.3, -0.25) is 0 Å². The van der Waals surface area contributed by atoms with Gasteiger partial charge in [0.25, 0.3) is 0 Å². The Bertz CT molecular complexity index is 175. The summed E-state index contributed by atoms with van der Waals surface area (Å²) in [6, 6.07) is 0. The van der Waals surface area contributed by atoms with E-state index in [0.29, 0.717) is 5.41 Å². The summed E-state index contributed by atoms with van der Waals surface area (Å²) in [7, 11) is 0. The maximum absolute atomic E-state index is 2.41. The minimum absolute atomic E-state index is 0.499.